The van der Waals surface area contributed by atoms with Gasteiger partial charge in [-0.3, -0.25) is 4.79 Å². The lowest BCUT2D eigenvalue weighted by Crippen LogP contribution is -2.08. The lowest BCUT2D eigenvalue weighted by molar-refractivity contribution is 0.0968. The van der Waals surface area contributed by atoms with Gasteiger partial charge in [-0.2, -0.15) is 0 Å². The van der Waals surface area contributed by atoms with E-state index in [4.69, 9.17) is 17.0 Å². The number of benzene rings is 1. The van der Waals surface area contributed by atoms with Crippen molar-refractivity contribution in [2.75, 3.05) is 5.32 Å². The summed E-state index contributed by atoms with van der Waals surface area (Å²) in [4.78, 5) is 16.5. The van der Waals surface area contributed by atoms with Gasteiger partial charge in [0.15, 0.2) is 5.78 Å². The number of Topliss-reactive ketones (excluding diaryl/α,β-unsaturated/α-hetero) is 1. The number of rotatable bonds is 5. The third-order valence-corrected chi connectivity index (χ3v) is 4.30. The highest BCUT2D eigenvalue weighted by Crippen LogP contribution is 2.36. The molecule has 0 aliphatic heterocycles. The van der Waals surface area contributed by atoms with E-state index < -0.39 is 0 Å². The summed E-state index contributed by atoms with van der Waals surface area (Å²) in [6.45, 7) is 3.72. The third kappa shape index (κ3) is 3.27. The van der Waals surface area contributed by atoms with Crippen molar-refractivity contribution >= 4 is 34.5 Å². The second-order valence-electron chi connectivity index (χ2n) is 5.92. The van der Waals surface area contributed by atoms with Crippen LogP contribution in [0.4, 0.5) is 11.4 Å². The number of anilines is 2. The minimum Gasteiger partial charge on any atom is -0.355 e. The number of carbonyl (C=O) groups excluding carboxylic acids is 1. The molecule has 2 aromatic rings. The Morgan fingerprint density at radius 3 is 2.70 bits per heavy atom. The van der Waals surface area contributed by atoms with Gasteiger partial charge in [0.05, 0.1) is 11.3 Å². The van der Waals surface area contributed by atoms with Crippen LogP contribution >= 0.6 is 11.6 Å². The number of carbonyl (C=O) groups is 1. The maximum Gasteiger partial charge on any atom is 0.169 e. The zero-order valence-electron chi connectivity index (χ0n) is 13.1. The number of hydrogen-bond acceptors (Lipinski definition) is 4. The van der Waals surface area contributed by atoms with E-state index in [0.29, 0.717) is 22.1 Å². The van der Waals surface area contributed by atoms with Crippen molar-refractivity contribution in [2.24, 2.45) is 5.92 Å². The van der Waals surface area contributed by atoms with Crippen LogP contribution in [0.2, 0.25) is 5.15 Å². The van der Waals surface area contributed by atoms with Gasteiger partial charge in [-0.25, -0.2) is 4.98 Å². The maximum atomic E-state index is 12.4. The number of nitrogens with zero attached hydrogens (tertiary/aromatic N) is 1. The molecular weight excluding hydrogens is 310 g/mol. The quantitative estimate of drug-likeness (QED) is 0.472. The summed E-state index contributed by atoms with van der Waals surface area (Å²) in [7, 11) is 0. The molecule has 1 aromatic carbocycles. The third-order valence-electron chi connectivity index (χ3n) is 4.09. The summed E-state index contributed by atoms with van der Waals surface area (Å²) in [5, 5.41) is 11.5. The SMILES string of the molecule is CC(=N)c1cccc(Nc2cc(Cl)ncc2C(=O)C2CC2)c1C. The van der Waals surface area contributed by atoms with Crippen LogP contribution in [-0.2, 0) is 0 Å². The Morgan fingerprint density at radius 2 is 2.04 bits per heavy atom. The largest absolute Gasteiger partial charge is 0.355 e. The molecule has 2 N–H and O–H groups in total. The summed E-state index contributed by atoms with van der Waals surface area (Å²) < 4.78 is 0. The Balaban J connectivity index is 2.00. The van der Waals surface area contributed by atoms with Crippen LogP contribution in [0.15, 0.2) is 30.5 Å². The van der Waals surface area contributed by atoms with Crippen LogP contribution in [-0.4, -0.2) is 16.5 Å². The molecule has 0 unspecified atom stereocenters. The number of halogens is 1. The topological polar surface area (TPSA) is 65.8 Å². The van der Waals surface area contributed by atoms with Gasteiger partial charge >= 0.3 is 0 Å². The molecule has 1 aliphatic carbocycles. The lowest BCUT2D eigenvalue weighted by Gasteiger charge is -2.15. The summed E-state index contributed by atoms with van der Waals surface area (Å²) in [6.07, 6.45) is 3.44. The zero-order valence-corrected chi connectivity index (χ0v) is 13.9. The first kappa shape index (κ1) is 15.7. The minimum absolute atomic E-state index is 0.119. The first-order valence-corrected chi connectivity index (χ1v) is 7.97. The van der Waals surface area contributed by atoms with Crippen molar-refractivity contribution in [3.63, 3.8) is 0 Å². The molecule has 0 atom stereocenters. The Labute approximate surface area is 140 Å². The molecule has 5 heteroatoms. The normalized spacial score (nSPS) is 13.7. The van der Waals surface area contributed by atoms with Gasteiger partial charge in [0.25, 0.3) is 0 Å². The molecule has 3 rings (SSSR count). The first-order chi connectivity index (χ1) is 11.0. The maximum absolute atomic E-state index is 12.4. The summed E-state index contributed by atoms with van der Waals surface area (Å²) >= 11 is 6.01. The van der Waals surface area contributed by atoms with Crippen LogP contribution in [0.5, 0.6) is 0 Å². The monoisotopic (exact) mass is 327 g/mol. The van der Waals surface area contributed by atoms with Crippen LogP contribution in [0, 0.1) is 18.3 Å². The molecule has 0 bridgehead atoms. The fraction of sp³-hybridized carbons (Fsp3) is 0.278. The highest BCUT2D eigenvalue weighted by molar-refractivity contribution is 6.29. The van der Waals surface area contributed by atoms with E-state index in [1.54, 1.807) is 19.2 Å². The first-order valence-electron chi connectivity index (χ1n) is 7.59. The Hall–Kier alpha value is -2.20. The van der Waals surface area contributed by atoms with Gasteiger partial charge in [-0.15, -0.1) is 0 Å². The van der Waals surface area contributed by atoms with Crippen LogP contribution < -0.4 is 5.32 Å². The Bertz CT molecular complexity index is 797. The van der Waals surface area contributed by atoms with Crippen LogP contribution in [0.1, 0.15) is 41.3 Å². The molecule has 1 aliphatic rings. The van der Waals surface area contributed by atoms with E-state index in [-0.39, 0.29) is 11.7 Å². The molecule has 1 saturated carbocycles. The molecule has 1 fully saturated rings. The minimum atomic E-state index is 0.119. The predicted octanol–water partition coefficient (Wildman–Crippen LogP) is 4.77. The number of ketones is 1. The van der Waals surface area contributed by atoms with Gasteiger partial charge in [-0.05, 0) is 49.9 Å². The van der Waals surface area contributed by atoms with Crippen molar-refractivity contribution < 1.29 is 4.79 Å². The second-order valence-corrected chi connectivity index (χ2v) is 6.31. The van der Waals surface area contributed by atoms with Crippen molar-refractivity contribution in [2.45, 2.75) is 26.7 Å². The molecule has 0 amide bonds. The van der Waals surface area contributed by atoms with Crippen molar-refractivity contribution in [1.29, 1.82) is 5.41 Å². The predicted molar refractivity (Wildman–Crippen MR) is 93.3 cm³/mol. The van der Waals surface area contributed by atoms with Crippen molar-refractivity contribution in [1.82, 2.24) is 4.98 Å². The summed E-state index contributed by atoms with van der Waals surface area (Å²) in [6, 6.07) is 7.43. The van der Waals surface area contributed by atoms with E-state index >= 15 is 0 Å². The number of pyridine rings is 1. The van der Waals surface area contributed by atoms with Crippen LogP contribution in [0.3, 0.4) is 0 Å². The molecular formula is C18H18ClN3O. The average Bonchev–Trinajstić information content (AvgIpc) is 3.33. The van der Waals surface area contributed by atoms with Gasteiger partial charge in [0, 0.05) is 23.5 Å². The van der Waals surface area contributed by atoms with Crippen LogP contribution in [0.25, 0.3) is 0 Å². The molecule has 4 nitrogen and oxygen atoms in total. The molecule has 118 valence electrons. The standard InChI is InChI=1S/C18H18ClN3O/c1-10-13(11(2)20)4-3-5-15(10)22-16-8-17(19)21-9-14(16)18(23)12-6-7-12/h3-5,8-9,12,20H,6-7H2,1-2H3,(H,21,22). The van der Waals surface area contributed by atoms with Gasteiger partial charge in [0.1, 0.15) is 5.15 Å². The molecule has 23 heavy (non-hydrogen) atoms. The van der Waals surface area contributed by atoms with E-state index in [9.17, 15) is 4.79 Å². The van der Waals surface area contributed by atoms with Crippen molar-refractivity contribution in [3.05, 3.63) is 52.3 Å². The second kappa shape index (κ2) is 6.13. The average molecular weight is 328 g/mol. The highest BCUT2D eigenvalue weighted by Gasteiger charge is 2.32. The number of aromatic nitrogens is 1. The summed E-state index contributed by atoms with van der Waals surface area (Å²) in [5.74, 6) is 0.239. The van der Waals surface area contributed by atoms with Gasteiger partial charge in [0.2, 0.25) is 0 Å². The number of nitrogens with one attached hydrogen (secondary N) is 2. The molecule has 1 heterocycles. The number of hydrogen-bond donors (Lipinski definition) is 2. The van der Waals surface area contributed by atoms with Gasteiger partial charge in [-0.1, -0.05) is 23.7 Å². The van der Waals surface area contributed by atoms with Crippen molar-refractivity contribution in [3.8, 4) is 0 Å². The fourth-order valence-corrected chi connectivity index (χ4v) is 2.78. The van der Waals surface area contributed by atoms with E-state index in [1.807, 2.05) is 25.1 Å². The Morgan fingerprint density at radius 1 is 1.30 bits per heavy atom. The lowest BCUT2D eigenvalue weighted by atomic mass is 10.0. The molecule has 0 spiro atoms. The van der Waals surface area contributed by atoms with Gasteiger partial charge < -0.3 is 10.7 Å². The zero-order chi connectivity index (χ0) is 16.6. The van der Waals surface area contributed by atoms with E-state index in [2.05, 4.69) is 10.3 Å². The molecule has 0 radical (unpaired) electrons. The smallest absolute Gasteiger partial charge is 0.169 e. The van der Waals surface area contributed by atoms with E-state index in [0.717, 1.165) is 29.7 Å². The summed E-state index contributed by atoms with van der Waals surface area (Å²) in [5.41, 5.74) is 4.47. The molecule has 1 aromatic heterocycles. The molecule has 0 saturated heterocycles. The highest BCUT2D eigenvalue weighted by atomic mass is 35.5. The Kier molecular flexibility index (Phi) is 4.18. The fourth-order valence-electron chi connectivity index (χ4n) is 2.62. The van der Waals surface area contributed by atoms with E-state index in [1.165, 1.54) is 0 Å².